The Labute approximate surface area is 121 Å². The van der Waals surface area contributed by atoms with Crippen LogP contribution in [0.4, 0.5) is 4.39 Å². The average molecular weight is 318 g/mol. The third-order valence-electron chi connectivity index (χ3n) is 2.65. The number of hydrogen-bond acceptors (Lipinski definition) is 4. The van der Waals surface area contributed by atoms with Gasteiger partial charge in [-0.2, -0.15) is 0 Å². The van der Waals surface area contributed by atoms with Crippen LogP contribution in [-0.2, 0) is 22.1 Å². The van der Waals surface area contributed by atoms with Crippen molar-refractivity contribution in [3.8, 4) is 0 Å². The molecule has 0 aliphatic heterocycles. The lowest BCUT2D eigenvalue weighted by Gasteiger charge is -2.04. The van der Waals surface area contributed by atoms with E-state index in [2.05, 4.69) is 5.32 Å². The summed E-state index contributed by atoms with van der Waals surface area (Å²) in [6.07, 6.45) is 0. The molecule has 2 rings (SSSR count). The number of nitrogens with one attached hydrogen (secondary N) is 1. The van der Waals surface area contributed by atoms with Gasteiger partial charge in [-0.1, -0.05) is 11.6 Å². The van der Waals surface area contributed by atoms with Crippen LogP contribution in [0, 0.1) is 5.82 Å². The molecular formula is C13H13ClFNO3S. The second-order valence-corrected chi connectivity index (χ2v) is 6.63. The van der Waals surface area contributed by atoms with Crippen molar-refractivity contribution in [3.63, 3.8) is 0 Å². The number of hydrogen-bond donors (Lipinski definition) is 1. The van der Waals surface area contributed by atoms with Gasteiger partial charge in [0.25, 0.3) is 0 Å². The molecule has 7 heteroatoms. The van der Waals surface area contributed by atoms with Crippen molar-refractivity contribution in [1.29, 1.82) is 0 Å². The summed E-state index contributed by atoms with van der Waals surface area (Å²) in [7, 11) is -1.86. The van der Waals surface area contributed by atoms with E-state index in [1.165, 1.54) is 6.07 Å². The van der Waals surface area contributed by atoms with E-state index in [-0.39, 0.29) is 15.7 Å². The fourth-order valence-electron chi connectivity index (χ4n) is 1.71. The van der Waals surface area contributed by atoms with Gasteiger partial charge < -0.3 is 9.73 Å². The van der Waals surface area contributed by atoms with Gasteiger partial charge in [0, 0.05) is 0 Å². The molecule has 1 heterocycles. The summed E-state index contributed by atoms with van der Waals surface area (Å²) in [6.45, 7) is 0.516. The molecule has 0 atom stereocenters. The highest BCUT2D eigenvalue weighted by molar-refractivity contribution is 7.90. The zero-order valence-electron chi connectivity index (χ0n) is 10.7. The Bertz CT molecular complexity index is 712. The Balaban J connectivity index is 2.23. The first-order valence-electron chi connectivity index (χ1n) is 5.82. The number of benzene rings is 1. The molecule has 0 spiro atoms. The highest BCUT2D eigenvalue weighted by Gasteiger charge is 2.19. The molecule has 0 unspecified atom stereocenters. The molecule has 1 aromatic carbocycles. The SMILES string of the molecule is CNCc1ccc(CS(=O)(=O)c2ccc(F)c(Cl)c2)o1. The van der Waals surface area contributed by atoms with Crippen LogP contribution in [0.2, 0.25) is 5.02 Å². The van der Waals surface area contributed by atoms with E-state index in [0.29, 0.717) is 18.1 Å². The van der Waals surface area contributed by atoms with Gasteiger partial charge in [-0.05, 0) is 37.4 Å². The van der Waals surface area contributed by atoms with Crippen molar-refractivity contribution >= 4 is 21.4 Å². The van der Waals surface area contributed by atoms with Gasteiger partial charge in [-0.25, -0.2) is 12.8 Å². The molecule has 0 radical (unpaired) electrons. The van der Waals surface area contributed by atoms with Crippen molar-refractivity contribution in [2.75, 3.05) is 7.05 Å². The van der Waals surface area contributed by atoms with Crippen molar-refractivity contribution < 1.29 is 17.2 Å². The van der Waals surface area contributed by atoms with Crippen molar-refractivity contribution in [2.45, 2.75) is 17.2 Å². The number of furan rings is 1. The Morgan fingerprint density at radius 3 is 2.60 bits per heavy atom. The van der Waals surface area contributed by atoms with Crippen molar-refractivity contribution in [3.05, 3.63) is 52.7 Å². The zero-order valence-corrected chi connectivity index (χ0v) is 12.3. The molecule has 1 aromatic heterocycles. The van der Waals surface area contributed by atoms with Crippen LogP contribution in [0.25, 0.3) is 0 Å². The maximum Gasteiger partial charge on any atom is 0.185 e. The van der Waals surface area contributed by atoms with E-state index >= 15 is 0 Å². The highest BCUT2D eigenvalue weighted by atomic mass is 35.5. The summed E-state index contributed by atoms with van der Waals surface area (Å²) < 4.78 is 42.8. The minimum absolute atomic E-state index is 0.0320. The largest absolute Gasteiger partial charge is 0.464 e. The molecule has 108 valence electrons. The lowest BCUT2D eigenvalue weighted by atomic mass is 10.3. The summed E-state index contributed by atoms with van der Waals surface area (Å²) in [5, 5.41) is 2.68. The van der Waals surface area contributed by atoms with Gasteiger partial charge in [0.05, 0.1) is 16.5 Å². The van der Waals surface area contributed by atoms with E-state index in [1.807, 2.05) is 0 Å². The minimum atomic E-state index is -3.62. The highest BCUT2D eigenvalue weighted by Crippen LogP contribution is 2.23. The summed E-state index contributed by atoms with van der Waals surface area (Å²) in [4.78, 5) is -0.0320. The molecule has 0 amide bonds. The first-order chi connectivity index (χ1) is 9.42. The normalized spacial score (nSPS) is 11.8. The molecule has 0 aliphatic carbocycles. The third-order valence-corrected chi connectivity index (χ3v) is 4.58. The van der Waals surface area contributed by atoms with Crippen LogP contribution in [0.1, 0.15) is 11.5 Å². The summed E-state index contributed by atoms with van der Waals surface area (Å²) >= 11 is 5.60. The molecule has 1 N–H and O–H groups in total. The van der Waals surface area contributed by atoms with Crippen molar-refractivity contribution in [1.82, 2.24) is 5.32 Å². The second-order valence-electron chi connectivity index (χ2n) is 4.23. The Kier molecular flexibility index (Phi) is 4.47. The van der Waals surface area contributed by atoms with Crippen LogP contribution in [0.15, 0.2) is 39.6 Å². The smallest absolute Gasteiger partial charge is 0.185 e. The first kappa shape index (κ1) is 15.0. The summed E-state index contributed by atoms with van der Waals surface area (Å²) in [5.41, 5.74) is 0. The quantitative estimate of drug-likeness (QED) is 0.861. The molecule has 2 aromatic rings. The van der Waals surface area contributed by atoms with Gasteiger partial charge in [0.1, 0.15) is 23.1 Å². The van der Waals surface area contributed by atoms with Gasteiger partial charge in [0.15, 0.2) is 9.84 Å². The molecule has 0 fully saturated rings. The summed E-state index contributed by atoms with van der Waals surface area (Å²) in [6, 6.07) is 6.63. The van der Waals surface area contributed by atoms with E-state index < -0.39 is 15.7 Å². The van der Waals surface area contributed by atoms with Crippen LogP contribution < -0.4 is 5.32 Å². The lowest BCUT2D eigenvalue weighted by Crippen LogP contribution is -2.05. The third kappa shape index (κ3) is 3.39. The standard InChI is InChI=1S/C13H13ClFNO3S/c1-16-7-9-2-3-10(19-9)8-20(17,18)11-4-5-13(15)12(14)6-11/h2-6,16H,7-8H2,1H3. The van der Waals surface area contributed by atoms with Crippen LogP contribution in [0.3, 0.4) is 0 Å². The average Bonchev–Trinajstić information content (AvgIpc) is 2.79. The molecule has 0 bridgehead atoms. The number of rotatable bonds is 5. The maximum absolute atomic E-state index is 13.0. The Morgan fingerprint density at radius 1 is 1.25 bits per heavy atom. The van der Waals surface area contributed by atoms with Crippen LogP contribution in [-0.4, -0.2) is 15.5 Å². The Morgan fingerprint density at radius 2 is 1.95 bits per heavy atom. The molecular weight excluding hydrogens is 305 g/mol. The first-order valence-corrected chi connectivity index (χ1v) is 7.85. The second kappa shape index (κ2) is 5.95. The van der Waals surface area contributed by atoms with E-state index in [4.69, 9.17) is 16.0 Å². The van der Waals surface area contributed by atoms with Gasteiger partial charge in [0.2, 0.25) is 0 Å². The molecule has 0 saturated heterocycles. The zero-order chi connectivity index (χ0) is 14.8. The van der Waals surface area contributed by atoms with Gasteiger partial charge >= 0.3 is 0 Å². The molecule has 4 nitrogen and oxygen atoms in total. The number of sulfone groups is 1. The van der Waals surface area contributed by atoms with Crippen LogP contribution in [0.5, 0.6) is 0 Å². The molecule has 20 heavy (non-hydrogen) atoms. The maximum atomic E-state index is 13.0. The summed E-state index contributed by atoms with van der Waals surface area (Å²) in [5.74, 6) is 0.0315. The minimum Gasteiger partial charge on any atom is -0.464 e. The van der Waals surface area contributed by atoms with Crippen molar-refractivity contribution in [2.24, 2.45) is 0 Å². The predicted octanol–water partition coefficient (Wildman–Crippen LogP) is 2.77. The molecule has 0 aliphatic rings. The van der Waals surface area contributed by atoms with Crippen LogP contribution >= 0.6 is 11.6 Å². The topological polar surface area (TPSA) is 59.3 Å². The monoisotopic (exact) mass is 317 g/mol. The van der Waals surface area contributed by atoms with E-state index in [1.54, 1.807) is 19.2 Å². The predicted molar refractivity (Wildman–Crippen MR) is 73.8 cm³/mol. The Hall–Kier alpha value is -1.37. The van der Waals surface area contributed by atoms with E-state index in [9.17, 15) is 12.8 Å². The van der Waals surface area contributed by atoms with Gasteiger partial charge in [-0.3, -0.25) is 0 Å². The fourth-order valence-corrected chi connectivity index (χ4v) is 3.22. The lowest BCUT2D eigenvalue weighted by molar-refractivity contribution is 0.465. The molecule has 0 saturated carbocycles. The van der Waals surface area contributed by atoms with Gasteiger partial charge in [-0.15, -0.1) is 0 Å². The van der Waals surface area contributed by atoms with E-state index in [0.717, 1.165) is 12.1 Å². The number of halogens is 2. The fraction of sp³-hybridized carbons (Fsp3) is 0.231.